The number of nitrogens with zero attached hydrogens (tertiary/aromatic N) is 2. The van der Waals surface area contributed by atoms with Gasteiger partial charge in [0.15, 0.2) is 0 Å². The maximum Gasteiger partial charge on any atom is 0.239 e. The Bertz CT molecular complexity index is 485. The van der Waals surface area contributed by atoms with Gasteiger partial charge < -0.3 is 15.8 Å². The SMILES string of the molecule is CC(CNc1ccc(N)c(OCC2CC2)n1)N(C)C1CC1. The topological polar surface area (TPSA) is 63.4 Å². The molecule has 1 heterocycles. The van der Waals surface area contributed by atoms with E-state index in [2.05, 4.69) is 29.2 Å². The number of nitrogen functional groups attached to an aromatic ring is 1. The molecule has 2 aliphatic rings. The van der Waals surface area contributed by atoms with Gasteiger partial charge in [-0.2, -0.15) is 4.98 Å². The quantitative estimate of drug-likeness (QED) is 0.769. The molecule has 5 heteroatoms. The first kappa shape index (κ1) is 14.4. The standard InChI is InChI=1S/C16H26N4O/c1-11(20(2)13-5-6-13)9-18-15-8-7-14(17)16(19-15)21-10-12-3-4-12/h7-8,11-13H,3-6,9-10,17H2,1-2H3,(H,18,19). The van der Waals surface area contributed by atoms with Crippen molar-refractivity contribution < 1.29 is 4.74 Å². The zero-order valence-electron chi connectivity index (χ0n) is 13.0. The van der Waals surface area contributed by atoms with E-state index >= 15 is 0 Å². The molecule has 1 aromatic rings. The monoisotopic (exact) mass is 290 g/mol. The van der Waals surface area contributed by atoms with Crippen LogP contribution in [0.15, 0.2) is 12.1 Å². The van der Waals surface area contributed by atoms with Crippen molar-refractivity contribution in [3.63, 3.8) is 0 Å². The van der Waals surface area contributed by atoms with Gasteiger partial charge in [-0.3, -0.25) is 4.90 Å². The van der Waals surface area contributed by atoms with Gasteiger partial charge in [0.25, 0.3) is 0 Å². The lowest BCUT2D eigenvalue weighted by molar-refractivity contribution is 0.257. The van der Waals surface area contributed by atoms with Crippen molar-refractivity contribution in [3.05, 3.63) is 12.1 Å². The highest BCUT2D eigenvalue weighted by atomic mass is 16.5. The fourth-order valence-electron chi connectivity index (χ4n) is 2.38. The van der Waals surface area contributed by atoms with Crippen LogP contribution >= 0.6 is 0 Å². The van der Waals surface area contributed by atoms with E-state index in [1.165, 1.54) is 25.7 Å². The molecule has 1 atom stereocenters. The van der Waals surface area contributed by atoms with Crippen LogP contribution < -0.4 is 15.8 Å². The van der Waals surface area contributed by atoms with Crippen molar-refractivity contribution in [2.45, 2.75) is 44.7 Å². The molecule has 2 fully saturated rings. The molecule has 0 aliphatic heterocycles. The Labute approximate surface area is 126 Å². The van der Waals surface area contributed by atoms with E-state index in [1.54, 1.807) is 0 Å². The Hall–Kier alpha value is -1.49. The molecule has 2 saturated carbocycles. The van der Waals surface area contributed by atoms with E-state index in [9.17, 15) is 0 Å². The number of nitrogens with one attached hydrogen (secondary N) is 1. The summed E-state index contributed by atoms with van der Waals surface area (Å²) in [5.41, 5.74) is 6.54. The lowest BCUT2D eigenvalue weighted by atomic mass is 10.3. The lowest BCUT2D eigenvalue weighted by Crippen LogP contribution is -2.36. The van der Waals surface area contributed by atoms with E-state index in [0.717, 1.165) is 25.0 Å². The van der Waals surface area contributed by atoms with Gasteiger partial charge in [-0.1, -0.05) is 0 Å². The minimum atomic E-state index is 0.493. The number of anilines is 2. The predicted octanol–water partition coefficient (Wildman–Crippen LogP) is 2.35. The second kappa shape index (κ2) is 6.10. The Morgan fingerprint density at radius 1 is 1.38 bits per heavy atom. The van der Waals surface area contributed by atoms with Crippen molar-refractivity contribution in [2.24, 2.45) is 5.92 Å². The predicted molar refractivity (Wildman–Crippen MR) is 85.6 cm³/mol. The van der Waals surface area contributed by atoms with E-state index < -0.39 is 0 Å². The lowest BCUT2D eigenvalue weighted by Gasteiger charge is -2.24. The van der Waals surface area contributed by atoms with Gasteiger partial charge in [-0.15, -0.1) is 0 Å². The summed E-state index contributed by atoms with van der Waals surface area (Å²) >= 11 is 0. The Morgan fingerprint density at radius 3 is 2.81 bits per heavy atom. The summed E-state index contributed by atoms with van der Waals surface area (Å²) in [5, 5.41) is 3.39. The van der Waals surface area contributed by atoms with Gasteiger partial charge in [-0.25, -0.2) is 0 Å². The molecule has 0 bridgehead atoms. The molecule has 3 N–H and O–H groups in total. The minimum Gasteiger partial charge on any atom is -0.476 e. The molecular formula is C16H26N4O. The molecule has 21 heavy (non-hydrogen) atoms. The van der Waals surface area contributed by atoms with Crippen molar-refractivity contribution >= 4 is 11.5 Å². The fraction of sp³-hybridized carbons (Fsp3) is 0.688. The average Bonchev–Trinajstić information content (AvgIpc) is 3.37. The van der Waals surface area contributed by atoms with Gasteiger partial charge in [0.1, 0.15) is 5.82 Å². The van der Waals surface area contributed by atoms with Gasteiger partial charge in [0.05, 0.1) is 12.3 Å². The molecule has 0 spiro atoms. The number of nitrogens with two attached hydrogens (primary N) is 1. The van der Waals surface area contributed by atoms with Gasteiger partial charge >= 0.3 is 0 Å². The molecule has 0 saturated heterocycles. The first-order valence-electron chi connectivity index (χ1n) is 7.98. The number of ether oxygens (including phenoxy) is 1. The summed E-state index contributed by atoms with van der Waals surface area (Å²) in [6.45, 7) is 3.86. The Morgan fingerprint density at radius 2 is 2.14 bits per heavy atom. The summed E-state index contributed by atoms with van der Waals surface area (Å²) in [4.78, 5) is 6.93. The molecule has 0 radical (unpaired) electrons. The molecule has 1 aromatic heterocycles. The van der Waals surface area contributed by atoms with Crippen molar-refractivity contribution in [2.75, 3.05) is 31.2 Å². The summed E-state index contributed by atoms with van der Waals surface area (Å²) in [5.74, 6) is 2.11. The highest BCUT2D eigenvalue weighted by Gasteiger charge is 2.29. The molecule has 1 unspecified atom stereocenters. The normalized spacial score (nSPS) is 19.6. The Kier molecular flexibility index (Phi) is 4.19. The van der Waals surface area contributed by atoms with Crippen LogP contribution in [0.1, 0.15) is 32.6 Å². The van der Waals surface area contributed by atoms with E-state index in [1.807, 2.05) is 12.1 Å². The fourth-order valence-corrected chi connectivity index (χ4v) is 2.38. The third-order valence-corrected chi connectivity index (χ3v) is 4.44. The maximum absolute atomic E-state index is 5.92. The number of hydrogen-bond donors (Lipinski definition) is 2. The molecule has 0 aromatic carbocycles. The van der Waals surface area contributed by atoms with Gasteiger partial charge in [0, 0.05) is 18.6 Å². The molecule has 0 amide bonds. The third-order valence-electron chi connectivity index (χ3n) is 4.44. The van der Waals surface area contributed by atoms with Crippen LogP contribution in [-0.4, -0.2) is 42.2 Å². The largest absolute Gasteiger partial charge is 0.476 e. The van der Waals surface area contributed by atoms with Crippen LogP contribution in [-0.2, 0) is 0 Å². The Balaban J connectivity index is 1.52. The third kappa shape index (κ3) is 4.00. The minimum absolute atomic E-state index is 0.493. The van der Waals surface area contributed by atoms with E-state index in [-0.39, 0.29) is 0 Å². The number of likely N-dealkylation sites (N-methyl/N-ethyl adjacent to an activating group) is 1. The molecule has 5 nitrogen and oxygen atoms in total. The zero-order valence-corrected chi connectivity index (χ0v) is 13.0. The maximum atomic E-state index is 5.92. The summed E-state index contributed by atoms with van der Waals surface area (Å²) in [7, 11) is 2.20. The van der Waals surface area contributed by atoms with Crippen LogP contribution in [0.25, 0.3) is 0 Å². The van der Waals surface area contributed by atoms with Crippen molar-refractivity contribution in [1.82, 2.24) is 9.88 Å². The summed E-state index contributed by atoms with van der Waals surface area (Å²) in [6.07, 6.45) is 5.20. The zero-order chi connectivity index (χ0) is 14.8. The second-order valence-corrected chi connectivity index (χ2v) is 6.47. The highest BCUT2D eigenvalue weighted by Crippen LogP contribution is 2.31. The number of pyridine rings is 1. The molecule has 2 aliphatic carbocycles. The number of hydrogen-bond acceptors (Lipinski definition) is 5. The molecule has 3 rings (SSSR count). The van der Waals surface area contributed by atoms with Crippen LogP contribution in [0.5, 0.6) is 5.88 Å². The highest BCUT2D eigenvalue weighted by molar-refractivity contribution is 5.53. The van der Waals surface area contributed by atoms with Crippen LogP contribution in [0.3, 0.4) is 0 Å². The first-order valence-corrected chi connectivity index (χ1v) is 7.98. The van der Waals surface area contributed by atoms with Crippen molar-refractivity contribution in [3.8, 4) is 5.88 Å². The van der Waals surface area contributed by atoms with Gasteiger partial charge in [-0.05, 0) is 57.7 Å². The summed E-state index contributed by atoms with van der Waals surface area (Å²) < 4.78 is 5.72. The van der Waals surface area contributed by atoms with E-state index in [4.69, 9.17) is 10.5 Å². The second-order valence-electron chi connectivity index (χ2n) is 6.47. The van der Waals surface area contributed by atoms with Crippen LogP contribution in [0.4, 0.5) is 11.5 Å². The smallest absolute Gasteiger partial charge is 0.239 e. The van der Waals surface area contributed by atoms with Crippen LogP contribution in [0, 0.1) is 5.92 Å². The van der Waals surface area contributed by atoms with Crippen molar-refractivity contribution in [1.29, 1.82) is 0 Å². The average molecular weight is 290 g/mol. The molecule has 116 valence electrons. The summed E-state index contributed by atoms with van der Waals surface area (Å²) in [6, 6.07) is 5.06. The van der Waals surface area contributed by atoms with Gasteiger partial charge in [0.2, 0.25) is 5.88 Å². The number of rotatable bonds is 8. The molecular weight excluding hydrogens is 264 g/mol. The van der Waals surface area contributed by atoms with Crippen LogP contribution in [0.2, 0.25) is 0 Å². The first-order chi connectivity index (χ1) is 10.1. The number of aromatic nitrogens is 1. The van der Waals surface area contributed by atoms with E-state index in [0.29, 0.717) is 23.5 Å².